The molecule has 0 bridgehead atoms. The summed E-state index contributed by atoms with van der Waals surface area (Å²) >= 11 is 1.71. The van der Waals surface area contributed by atoms with E-state index in [0.29, 0.717) is 6.04 Å². The Morgan fingerprint density at radius 3 is 3.05 bits per heavy atom. The van der Waals surface area contributed by atoms with Gasteiger partial charge in [0.15, 0.2) is 0 Å². The number of hydrogen-bond acceptors (Lipinski definition) is 6. The SMILES string of the molecule is CCCNc1nnc(CN2CC3CCCCN3CC2C)s1. The molecule has 2 aliphatic rings. The Labute approximate surface area is 131 Å². The highest BCUT2D eigenvalue weighted by Crippen LogP contribution is 2.26. The molecule has 0 amide bonds. The second-order valence-electron chi connectivity index (χ2n) is 6.35. The molecule has 0 aliphatic carbocycles. The molecule has 2 unspecified atom stereocenters. The molecule has 0 saturated carbocycles. The average molecular weight is 309 g/mol. The molecule has 2 aliphatic heterocycles. The molecule has 6 heteroatoms. The van der Waals surface area contributed by atoms with Gasteiger partial charge in [0.25, 0.3) is 0 Å². The average Bonchev–Trinajstić information content (AvgIpc) is 2.93. The molecule has 1 aromatic heterocycles. The minimum Gasteiger partial charge on any atom is -0.360 e. The third kappa shape index (κ3) is 3.73. The van der Waals surface area contributed by atoms with Crippen molar-refractivity contribution in [3.05, 3.63) is 5.01 Å². The maximum atomic E-state index is 4.35. The van der Waals surface area contributed by atoms with Crippen molar-refractivity contribution in [1.82, 2.24) is 20.0 Å². The van der Waals surface area contributed by atoms with E-state index in [1.54, 1.807) is 11.3 Å². The van der Waals surface area contributed by atoms with E-state index in [0.717, 1.165) is 35.7 Å². The van der Waals surface area contributed by atoms with Gasteiger partial charge in [0, 0.05) is 31.7 Å². The largest absolute Gasteiger partial charge is 0.360 e. The summed E-state index contributed by atoms with van der Waals surface area (Å²) < 4.78 is 0. The van der Waals surface area contributed by atoms with Crippen molar-refractivity contribution in [3.8, 4) is 0 Å². The summed E-state index contributed by atoms with van der Waals surface area (Å²) in [5.74, 6) is 0. The first-order valence-electron chi connectivity index (χ1n) is 8.30. The van der Waals surface area contributed by atoms with Crippen molar-refractivity contribution in [2.45, 2.75) is 58.2 Å². The number of rotatable bonds is 5. The van der Waals surface area contributed by atoms with E-state index in [1.165, 1.54) is 38.9 Å². The van der Waals surface area contributed by atoms with Crippen LogP contribution in [-0.4, -0.2) is 58.3 Å². The van der Waals surface area contributed by atoms with Crippen LogP contribution >= 0.6 is 11.3 Å². The minimum atomic E-state index is 0.621. The molecule has 2 atom stereocenters. The van der Waals surface area contributed by atoms with Crippen molar-refractivity contribution in [3.63, 3.8) is 0 Å². The summed E-state index contributed by atoms with van der Waals surface area (Å²) in [6, 6.07) is 1.39. The van der Waals surface area contributed by atoms with Crippen LogP contribution in [0.3, 0.4) is 0 Å². The summed E-state index contributed by atoms with van der Waals surface area (Å²) in [5, 5.41) is 14.0. The first-order chi connectivity index (χ1) is 10.3. The van der Waals surface area contributed by atoms with Crippen molar-refractivity contribution >= 4 is 16.5 Å². The van der Waals surface area contributed by atoms with Crippen LogP contribution in [0.25, 0.3) is 0 Å². The van der Waals surface area contributed by atoms with Crippen LogP contribution in [0, 0.1) is 0 Å². The molecule has 5 nitrogen and oxygen atoms in total. The summed E-state index contributed by atoms with van der Waals surface area (Å²) in [6.07, 6.45) is 5.26. The second-order valence-corrected chi connectivity index (χ2v) is 7.41. The molecule has 3 heterocycles. The van der Waals surface area contributed by atoms with E-state index in [-0.39, 0.29) is 0 Å². The van der Waals surface area contributed by atoms with E-state index in [2.05, 4.69) is 39.2 Å². The lowest BCUT2D eigenvalue weighted by atomic mass is 9.97. The van der Waals surface area contributed by atoms with Gasteiger partial charge in [-0.15, -0.1) is 10.2 Å². The highest BCUT2D eigenvalue weighted by atomic mass is 32.1. The molecule has 1 N–H and O–H groups in total. The van der Waals surface area contributed by atoms with Gasteiger partial charge in [-0.1, -0.05) is 24.7 Å². The number of nitrogens with zero attached hydrogens (tertiary/aromatic N) is 4. The molecule has 0 aromatic carbocycles. The van der Waals surface area contributed by atoms with Crippen LogP contribution in [0.1, 0.15) is 44.5 Å². The maximum Gasteiger partial charge on any atom is 0.205 e. The van der Waals surface area contributed by atoms with Crippen molar-refractivity contribution in [1.29, 1.82) is 0 Å². The fourth-order valence-electron chi connectivity index (χ4n) is 3.43. The van der Waals surface area contributed by atoms with E-state index < -0.39 is 0 Å². The minimum absolute atomic E-state index is 0.621. The lowest BCUT2D eigenvalue weighted by Gasteiger charge is -2.47. The predicted molar refractivity (Wildman–Crippen MR) is 87.8 cm³/mol. The number of piperidine rings is 1. The molecule has 2 saturated heterocycles. The summed E-state index contributed by atoms with van der Waals surface area (Å²) in [5.41, 5.74) is 0. The zero-order valence-electron chi connectivity index (χ0n) is 13.2. The fourth-order valence-corrected chi connectivity index (χ4v) is 4.22. The Hall–Kier alpha value is -0.720. The van der Waals surface area contributed by atoms with E-state index in [1.807, 2.05) is 0 Å². The van der Waals surface area contributed by atoms with Gasteiger partial charge in [0.05, 0.1) is 6.54 Å². The van der Waals surface area contributed by atoms with Crippen molar-refractivity contribution < 1.29 is 0 Å². The normalized spacial score (nSPS) is 27.5. The van der Waals surface area contributed by atoms with E-state index in [4.69, 9.17) is 0 Å². The van der Waals surface area contributed by atoms with E-state index >= 15 is 0 Å². The molecule has 21 heavy (non-hydrogen) atoms. The molecular weight excluding hydrogens is 282 g/mol. The summed E-state index contributed by atoms with van der Waals surface area (Å²) in [4.78, 5) is 5.29. The van der Waals surface area contributed by atoms with Gasteiger partial charge in [-0.25, -0.2) is 0 Å². The molecule has 0 spiro atoms. The lowest BCUT2D eigenvalue weighted by Crippen LogP contribution is -2.58. The Kier molecular flexibility index (Phi) is 5.08. The van der Waals surface area contributed by atoms with Gasteiger partial charge in [0.1, 0.15) is 5.01 Å². The fraction of sp³-hybridized carbons (Fsp3) is 0.867. The second kappa shape index (κ2) is 7.03. The number of nitrogens with one attached hydrogen (secondary N) is 1. The van der Waals surface area contributed by atoms with Gasteiger partial charge in [0.2, 0.25) is 5.13 Å². The summed E-state index contributed by atoms with van der Waals surface area (Å²) in [6.45, 7) is 10.2. The van der Waals surface area contributed by atoms with Crippen molar-refractivity contribution in [2.24, 2.45) is 0 Å². The zero-order valence-corrected chi connectivity index (χ0v) is 14.0. The first kappa shape index (κ1) is 15.2. The maximum absolute atomic E-state index is 4.35. The topological polar surface area (TPSA) is 44.3 Å². The molecule has 3 rings (SSSR count). The van der Waals surface area contributed by atoms with Crippen LogP contribution in [0.5, 0.6) is 0 Å². The Morgan fingerprint density at radius 1 is 1.29 bits per heavy atom. The Balaban J connectivity index is 1.57. The third-order valence-corrected chi connectivity index (χ3v) is 5.51. The number of anilines is 1. The van der Waals surface area contributed by atoms with Gasteiger partial charge >= 0.3 is 0 Å². The highest BCUT2D eigenvalue weighted by Gasteiger charge is 2.33. The summed E-state index contributed by atoms with van der Waals surface area (Å²) in [7, 11) is 0. The quantitative estimate of drug-likeness (QED) is 0.905. The highest BCUT2D eigenvalue weighted by molar-refractivity contribution is 7.15. The Bertz CT molecular complexity index is 449. The number of hydrogen-bond donors (Lipinski definition) is 1. The van der Waals surface area contributed by atoms with Gasteiger partial charge in [-0.2, -0.15) is 0 Å². The predicted octanol–water partition coefficient (Wildman–Crippen LogP) is 2.42. The van der Waals surface area contributed by atoms with Gasteiger partial charge in [-0.05, 0) is 32.7 Å². The van der Waals surface area contributed by atoms with Crippen LogP contribution in [-0.2, 0) is 6.54 Å². The van der Waals surface area contributed by atoms with Crippen LogP contribution in [0.2, 0.25) is 0 Å². The van der Waals surface area contributed by atoms with Gasteiger partial charge < -0.3 is 5.32 Å². The van der Waals surface area contributed by atoms with Crippen molar-refractivity contribution in [2.75, 3.05) is 31.5 Å². The van der Waals surface area contributed by atoms with Gasteiger partial charge in [-0.3, -0.25) is 9.80 Å². The molecule has 118 valence electrons. The molecule has 2 fully saturated rings. The molecule has 0 radical (unpaired) electrons. The number of aromatic nitrogens is 2. The van der Waals surface area contributed by atoms with Crippen LogP contribution < -0.4 is 5.32 Å². The standard InChI is InChI=1S/C15H27N5S/c1-3-7-16-15-18-17-14(21-15)11-20-10-13-6-4-5-8-19(13)9-12(20)2/h12-13H,3-11H2,1-2H3,(H,16,18). The number of piperazine rings is 1. The first-order valence-corrected chi connectivity index (χ1v) is 9.12. The van der Waals surface area contributed by atoms with Crippen LogP contribution in [0.15, 0.2) is 0 Å². The molecule has 1 aromatic rings. The Morgan fingerprint density at radius 2 is 2.19 bits per heavy atom. The monoisotopic (exact) mass is 309 g/mol. The zero-order chi connectivity index (χ0) is 14.7. The smallest absolute Gasteiger partial charge is 0.205 e. The van der Waals surface area contributed by atoms with Crippen LogP contribution in [0.4, 0.5) is 5.13 Å². The molecular formula is C15H27N5S. The lowest BCUT2D eigenvalue weighted by molar-refractivity contribution is 0.0110. The number of fused-ring (bicyclic) bond motifs is 1. The third-order valence-electron chi connectivity index (χ3n) is 4.65. The van der Waals surface area contributed by atoms with E-state index in [9.17, 15) is 0 Å².